The minimum atomic E-state index is 0.543. The summed E-state index contributed by atoms with van der Waals surface area (Å²) in [5.41, 5.74) is 9.21. The minimum Gasteiger partial charge on any atom is -0.493 e. The van der Waals surface area contributed by atoms with Crippen LogP contribution < -0.4 is 10.5 Å². The van der Waals surface area contributed by atoms with Crippen LogP contribution in [0.1, 0.15) is 30.0 Å². The van der Waals surface area contributed by atoms with E-state index in [1.54, 1.807) is 0 Å². The third kappa shape index (κ3) is 2.48. The van der Waals surface area contributed by atoms with Gasteiger partial charge in [0.25, 0.3) is 0 Å². The first-order valence-electron chi connectivity index (χ1n) is 5.12. The molecule has 0 radical (unpaired) electrons. The van der Waals surface area contributed by atoms with E-state index in [0.29, 0.717) is 6.54 Å². The van der Waals surface area contributed by atoms with Crippen LogP contribution >= 0.6 is 0 Å². The van der Waals surface area contributed by atoms with Crippen LogP contribution in [-0.2, 0) is 6.54 Å². The van der Waals surface area contributed by atoms with Crippen LogP contribution in [0.5, 0.6) is 5.75 Å². The molecule has 0 aromatic heterocycles. The Morgan fingerprint density at radius 3 is 2.57 bits per heavy atom. The smallest absolute Gasteiger partial charge is 0.126 e. The summed E-state index contributed by atoms with van der Waals surface area (Å²) >= 11 is 0. The van der Waals surface area contributed by atoms with Crippen molar-refractivity contribution in [3.63, 3.8) is 0 Å². The predicted molar refractivity (Wildman–Crippen MR) is 59.6 cm³/mol. The van der Waals surface area contributed by atoms with Gasteiger partial charge in [-0.1, -0.05) is 24.6 Å². The fourth-order valence-corrected chi connectivity index (χ4v) is 1.60. The van der Waals surface area contributed by atoms with E-state index in [2.05, 4.69) is 32.9 Å². The average Bonchev–Trinajstić information content (AvgIpc) is 2.15. The Labute approximate surface area is 86.1 Å². The van der Waals surface area contributed by atoms with E-state index in [1.807, 2.05) is 0 Å². The Kier molecular flexibility index (Phi) is 3.96. The molecule has 0 unspecified atom stereocenters. The molecule has 2 heteroatoms. The van der Waals surface area contributed by atoms with Gasteiger partial charge in [-0.3, -0.25) is 0 Å². The van der Waals surface area contributed by atoms with Crippen molar-refractivity contribution in [1.82, 2.24) is 0 Å². The summed E-state index contributed by atoms with van der Waals surface area (Å²) in [6, 6.07) is 4.22. The van der Waals surface area contributed by atoms with Gasteiger partial charge in [-0.05, 0) is 25.8 Å². The first-order valence-corrected chi connectivity index (χ1v) is 5.12. The summed E-state index contributed by atoms with van der Waals surface area (Å²) in [6.45, 7) is 7.55. The second-order valence-corrected chi connectivity index (χ2v) is 3.62. The summed E-state index contributed by atoms with van der Waals surface area (Å²) in [5.74, 6) is 0.972. The molecule has 0 fully saturated rings. The van der Waals surface area contributed by atoms with E-state index in [1.165, 1.54) is 11.1 Å². The average molecular weight is 193 g/mol. The molecule has 14 heavy (non-hydrogen) atoms. The Hall–Kier alpha value is -1.02. The Balaban J connectivity index is 2.99. The quantitative estimate of drug-likeness (QED) is 0.797. The second-order valence-electron chi connectivity index (χ2n) is 3.62. The zero-order valence-electron chi connectivity index (χ0n) is 9.26. The first-order chi connectivity index (χ1) is 6.69. The van der Waals surface area contributed by atoms with Crippen LogP contribution in [0.2, 0.25) is 0 Å². The lowest BCUT2D eigenvalue weighted by Crippen LogP contribution is -2.05. The molecular weight excluding hydrogens is 174 g/mol. The van der Waals surface area contributed by atoms with Gasteiger partial charge in [-0.25, -0.2) is 0 Å². The molecule has 2 N–H and O–H groups in total. The zero-order chi connectivity index (χ0) is 10.6. The topological polar surface area (TPSA) is 35.2 Å². The van der Waals surface area contributed by atoms with Gasteiger partial charge in [0.05, 0.1) is 6.61 Å². The number of nitrogens with two attached hydrogens (primary N) is 1. The molecule has 0 spiro atoms. The Morgan fingerprint density at radius 2 is 2.00 bits per heavy atom. The molecule has 0 heterocycles. The standard InChI is InChI=1S/C12H19NO/c1-4-5-14-12-10(3)6-9(2)7-11(12)8-13/h6-7H,4-5,8,13H2,1-3H3. The number of benzene rings is 1. The van der Waals surface area contributed by atoms with E-state index in [4.69, 9.17) is 10.5 Å². The summed E-state index contributed by atoms with van der Waals surface area (Å²) in [5, 5.41) is 0. The minimum absolute atomic E-state index is 0.543. The van der Waals surface area contributed by atoms with Crippen molar-refractivity contribution in [2.45, 2.75) is 33.7 Å². The maximum atomic E-state index is 5.68. The van der Waals surface area contributed by atoms with Gasteiger partial charge in [-0.2, -0.15) is 0 Å². The number of hydrogen-bond acceptors (Lipinski definition) is 2. The molecule has 2 nitrogen and oxygen atoms in total. The monoisotopic (exact) mass is 193 g/mol. The molecule has 0 saturated carbocycles. The highest BCUT2D eigenvalue weighted by molar-refractivity contribution is 5.43. The van der Waals surface area contributed by atoms with Gasteiger partial charge in [0.1, 0.15) is 5.75 Å². The SMILES string of the molecule is CCCOc1c(C)cc(C)cc1CN. The molecule has 0 saturated heterocycles. The van der Waals surface area contributed by atoms with Crippen LogP contribution in [0.15, 0.2) is 12.1 Å². The molecule has 1 aromatic rings. The summed E-state index contributed by atoms with van der Waals surface area (Å²) < 4.78 is 5.68. The predicted octanol–water partition coefficient (Wildman–Crippen LogP) is 2.55. The Bertz CT molecular complexity index is 307. The summed E-state index contributed by atoms with van der Waals surface area (Å²) in [6.07, 6.45) is 1.03. The lowest BCUT2D eigenvalue weighted by Gasteiger charge is -2.13. The molecule has 1 rings (SSSR count). The van der Waals surface area contributed by atoms with E-state index in [-0.39, 0.29) is 0 Å². The number of aryl methyl sites for hydroxylation is 2. The first kappa shape index (κ1) is 11.1. The highest BCUT2D eigenvalue weighted by Gasteiger charge is 2.06. The maximum Gasteiger partial charge on any atom is 0.126 e. The fourth-order valence-electron chi connectivity index (χ4n) is 1.60. The van der Waals surface area contributed by atoms with Crippen LogP contribution in [0, 0.1) is 13.8 Å². The van der Waals surface area contributed by atoms with Gasteiger partial charge in [-0.15, -0.1) is 0 Å². The molecule has 0 aliphatic rings. The summed E-state index contributed by atoms with van der Waals surface area (Å²) in [4.78, 5) is 0. The molecule has 0 aliphatic heterocycles. The van der Waals surface area contributed by atoms with Gasteiger partial charge < -0.3 is 10.5 Å². The van der Waals surface area contributed by atoms with Crippen LogP contribution in [0.4, 0.5) is 0 Å². The van der Waals surface area contributed by atoms with Crippen LogP contribution in [-0.4, -0.2) is 6.61 Å². The maximum absolute atomic E-state index is 5.68. The van der Waals surface area contributed by atoms with Crippen molar-refractivity contribution in [3.8, 4) is 5.75 Å². The van der Waals surface area contributed by atoms with Crippen molar-refractivity contribution in [2.24, 2.45) is 5.73 Å². The lowest BCUT2D eigenvalue weighted by atomic mass is 10.1. The van der Waals surface area contributed by atoms with Crippen molar-refractivity contribution < 1.29 is 4.74 Å². The van der Waals surface area contributed by atoms with Crippen molar-refractivity contribution in [3.05, 3.63) is 28.8 Å². The van der Waals surface area contributed by atoms with Crippen molar-refractivity contribution in [1.29, 1.82) is 0 Å². The van der Waals surface area contributed by atoms with E-state index in [9.17, 15) is 0 Å². The fraction of sp³-hybridized carbons (Fsp3) is 0.500. The molecule has 0 amide bonds. The van der Waals surface area contributed by atoms with E-state index in [0.717, 1.165) is 24.3 Å². The third-order valence-corrected chi connectivity index (χ3v) is 2.17. The molecule has 0 bridgehead atoms. The highest BCUT2D eigenvalue weighted by atomic mass is 16.5. The zero-order valence-corrected chi connectivity index (χ0v) is 9.26. The normalized spacial score (nSPS) is 10.3. The molecular formula is C12H19NO. The lowest BCUT2D eigenvalue weighted by molar-refractivity contribution is 0.312. The Morgan fingerprint density at radius 1 is 1.29 bits per heavy atom. The highest BCUT2D eigenvalue weighted by Crippen LogP contribution is 2.25. The van der Waals surface area contributed by atoms with Crippen molar-refractivity contribution >= 4 is 0 Å². The number of hydrogen-bond donors (Lipinski definition) is 1. The van der Waals surface area contributed by atoms with Gasteiger partial charge in [0.15, 0.2) is 0 Å². The third-order valence-electron chi connectivity index (χ3n) is 2.17. The van der Waals surface area contributed by atoms with Crippen LogP contribution in [0.3, 0.4) is 0 Å². The van der Waals surface area contributed by atoms with Gasteiger partial charge in [0.2, 0.25) is 0 Å². The number of ether oxygens (including phenoxy) is 1. The van der Waals surface area contributed by atoms with Crippen LogP contribution in [0.25, 0.3) is 0 Å². The molecule has 0 aliphatic carbocycles. The van der Waals surface area contributed by atoms with E-state index >= 15 is 0 Å². The molecule has 78 valence electrons. The largest absolute Gasteiger partial charge is 0.493 e. The van der Waals surface area contributed by atoms with Crippen molar-refractivity contribution in [2.75, 3.05) is 6.61 Å². The molecule has 0 atom stereocenters. The number of rotatable bonds is 4. The van der Waals surface area contributed by atoms with Gasteiger partial charge >= 0.3 is 0 Å². The van der Waals surface area contributed by atoms with Gasteiger partial charge in [0, 0.05) is 12.1 Å². The second kappa shape index (κ2) is 5.01. The molecule has 1 aromatic carbocycles. The summed E-state index contributed by atoms with van der Waals surface area (Å²) in [7, 11) is 0. The van der Waals surface area contributed by atoms with E-state index < -0.39 is 0 Å².